The van der Waals surface area contributed by atoms with Crippen molar-refractivity contribution < 1.29 is 8.42 Å². The topological polar surface area (TPSA) is 113 Å². The molecule has 3 aromatic heterocycles. The molecule has 4 aromatic rings. The monoisotopic (exact) mass is 534 g/mol. The Bertz CT molecular complexity index is 1490. The van der Waals surface area contributed by atoms with Gasteiger partial charge in [0.1, 0.15) is 5.82 Å². The summed E-state index contributed by atoms with van der Waals surface area (Å²) in [5, 5.41) is 14.7. The van der Waals surface area contributed by atoms with Crippen LogP contribution in [0.3, 0.4) is 0 Å². The highest BCUT2D eigenvalue weighted by Crippen LogP contribution is 2.43. The third-order valence-corrected chi connectivity index (χ3v) is 10.6. The smallest absolute Gasteiger partial charge is 0.181 e. The fraction of sp³-hybridized carbons (Fsp3) is 0.370. The lowest BCUT2D eigenvalue weighted by atomic mass is 9.86. The van der Waals surface area contributed by atoms with Crippen molar-refractivity contribution in [2.24, 2.45) is 0 Å². The molecular formula is C27H30N6O2S2. The number of thiazole rings is 1. The number of nitrogens with zero attached hydrogens (tertiary/aromatic N) is 3. The molecule has 6 rings (SSSR count). The van der Waals surface area contributed by atoms with E-state index in [-0.39, 0.29) is 5.25 Å². The molecule has 192 valence electrons. The van der Waals surface area contributed by atoms with E-state index in [2.05, 4.69) is 25.8 Å². The van der Waals surface area contributed by atoms with Crippen molar-refractivity contribution in [3.8, 4) is 10.4 Å². The van der Waals surface area contributed by atoms with E-state index in [0.717, 1.165) is 65.5 Å². The normalized spacial score (nSPS) is 20.0. The quantitative estimate of drug-likeness (QED) is 0.252. The number of aryl methyl sites for hydroxylation is 1. The average molecular weight is 535 g/mol. The standard InChI is InChI=1S/C27H30N6O2S2/c1-17-14-26(33-32-17)31-20-9-12-22(24(15-20)37(34,35)21-10-11-21)23-16-29-27(36-23)18-5-7-19(8-6-18)30-25-4-2-3-13-28-25/h2-4,9,12-16,18-19,21H,5-8,10-11H2,1H3,(H,28,30)(H2,31,32,33). The summed E-state index contributed by atoms with van der Waals surface area (Å²) < 4.78 is 26.8. The maximum absolute atomic E-state index is 13.4. The van der Waals surface area contributed by atoms with E-state index in [1.54, 1.807) is 17.4 Å². The second kappa shape index (κ2) is 9.90. The maximum Gasteiger partial charge on any atom is 0.181 e. The molecule has 0 aliphatic heterocycles. The lowest BCUT2D eigenvalue weighted by molar-refractivity contribution is 0.411. The number of aromatic amines is 1. The molecule has 0 bridgehead atoms. The molecule has 0 atom stereocenters. The van der Waals surface area contributed by atoms with E-state index in [1.807, 2.05) is 55.7 Å². The molecule has 2 aliphatic rings. The van der Waals surface area contributed by atoms with Crippen molar-refractivity contribution in [3.63, 3.8) is 0 Å². The van der Waals surface area contributed by atoms with Crippen LogP contribution in [0.1, 0.15) is 55.1 Å². The van der Waals surface area contributed by atoms with Gasteiger partial charge in [0, 0.05) is 47.4 Å². The molecule has 0 unspecified atom stereocenters. The first-order chi connectivity index (χ1) is 18.0. The van der Waals surface area contributed by atoms with Crippen molar-refractivity contribution in [2.45, 2.75) is 67.6 Å². The lowest BCUT2D eigenvalue weighted by Crippen LogP contribution is -2.25. The van der Waals surface area contributed by atoms with Crippen LogP contribution in [0.2, 0.25) is 0 Å². The SMILES string of the molecule is Cc1cc(Nc2ccc(-c3cnc(C4CCC(Nc5ccccn5)CC4)s3)c(S(=O)(=O)C3CC3)c2)n[nH]1. The fourth-order valence-electron chi connectivity index (χ4n) is 4.97. The van der Waals surface area contributed by atoms with Crippen LogP contribution in [0.4, 0.5) is 17.3 Å². The van der Waals surface area contributed by atoms with E-state index >= 15 is 0 Å². The lowest BCUT2D eigenvalue weighted by Gasteiger charge is -2.28. The van der Waals surface area contributed by atoms with Gasteiger partial charge >= 0.3 is 0 Å². The van der Waals surface area contributed by atoms with E-state index < -0.39 is 9.84 Å². The minimum atomic E-state index is -3.41. The first kappa shape index (κ1) is 24.1. The Labute approximate surface area is 220 Å². The van der Waals surface area contributed by atoms with Crippen LogP contribution >= 0.6 is 11.3 Å². The Morgan fingerprint density at radius 1 is 0.973 bits per heavy atom. The second-order valence-electron chi connectivity index (χ2n) is 9.99. The van der Waals surface area contributed by atoms with Crippen LogP contribution in [0.15, 0.2) is 59.8 Å². The Hall–Kier alpha value is -3.24. The number of hydrogen-bond donors (Lipinski definition) is 3. The maximum atomic E-state index is 13.4. The Balaban J connectivity index is 1.21. The minimum absolute atomic E-state index is 0.289. The van der Waals surface area contributed by atoms with Crippen molar-refractivity contribution in [2.75, 3.05) is 10.6 Å². The number of sulfone groups is 1. The number of aromatic nitrogens is 4. The van der Waals surface area contributed by atoms with Crippen molar-refractivity contribution >= 4 is 38.5 Å². The molecule has 3 heterocycles. The predicted octanol–water partition coefficient (Wildman–Crippen LogP) is 6.05. The summed E-state index contributed by atoms with van der Waals surface area (Å²) in [4.78, 5) is 10.4. The van der Waals surface area contributed by atoms with Crippen LogP contribution in [0.5, 0.6) is 0 Å². The summed E-state index contributed by atoms with van der Waals surface area (Å²) >= 11 is 1.63. The summed E-state index contributed by atoms with van der Waals surface area (Å²) in [7, 11) is -3.41. The zero-order valence-electron chi connectivity index (χ0n) is 20.6. The summed E-state index contributed by atoms with van der Waals surface area (Å²) in [5.74, 6) is 1.98. The third kappa shape index (κ3) is 5.26. The Kier molecular flexibility index (Phi) is 6.46. The first-order valence-electron chi connectivity index (χ1n) is 12.8. The highest BCUT2D eigenvalue weighted by atomic mass is 32.2. The molecule has 10 heteroatoms. The summed E-state index contributed by atoms with van der Waals surface area (Å²) in [6, 6.07) is 13.8. The van der Waals surface area contributed by atoms with E-state index in [9.17, 15) is 8.42 Å². The largest absolute Gasteiger partial charge is 0.367 e. The number of pyridine rings is 1. The van der Waals surface area contributed by atoms with Gasteiger partial charge in [0.15, 0.2) is 15.7 Å². The molecule has 2 fully saturated rings. The number of hydrogen-bond acceptors (Lipinski definition) is 8. The Morgan fingerprint density at radius 2 is 1.81 bits per heavy atom. The molecule has 0 saturated heterocycles. The summed E-state index contributed by atoms with van der Waals surface area (Å²) in [6.07, 6.45) is 9.33. The fourth-order valence-corrected chi connectivity index (χ4v) is 8.05. The Morgan fingerprint density at radius 3 is 2.51 bits per heavy atom. The summed E-state index contributed by atoms with van der Waals surface area (Å²) in [6.45, 7) is 1.93. The molecule has 37 heavy (non-hydrogen) atoms. The molecule has 0 spiro atoms. The molecular weight excluding hydrogens is 504 g/mol. The number of rotatable bonds is 8. The number of benzene rings is 1. The molecule has 8 nitrogen and oxygen atoms in total. The minimum Gasteiger partial charge on any atom is -0.367 e. The highest BCUT2D eigenvalue weighted by molar-refractivity contribution is 7.92. The van der Waals surface area contributed by atoms with Crippen LogP contribution < -0.4 is 10.6 Å². The molecule has 0 radical (unpaired) electrons. The number of anilines is 3. The van der Waals surface area contributed by atoms with Gasteiger partial charge in [-0.05, 0) is 69.7 Å². The van der Waals surface area contributed by atoms with Gasteiger partial charge in [0.2, 0.25) is 0 Å². The van der Waals surface area contributed by atoms with Gasteiger partial charge in [-0.1, -0.05) is 12.1 Å². The average Bonchev–Trinajstić information content (AvgIpc) is 3.54. The van der Waals surface area contributed by atoms with E-state index in [1.165, 1.54) is 0 Å². The van der Waals surface area contributed by atoms with Gasteiger partial charge in [-0.3, -0.25) is 5.10 Å². The van der Waals surface area contributed by atoms with Crippen molar-refractivity contribution in [1.82, 2.24) is 20.2 Å². The number of nitrogens with one attached hydrogen (secondary N) is 3. The van der Waals surface area contributed by atoms with Crippen LogP contribution in [0, 0.1) is 6.92 Å². The van der Waals surface area contributed by atoms with Gasteiger partial charge in [-0.15, -0.1) is 11.3 Å². The molecule has 1 aromatic carbocycles. The first-order valence-corrected chi connectivity index (χ1v) is 15.1. The van der Waals surface area contributed by atoms with Gasteiger partial charge in [-0.2, -0.15) is 5.10 Å². The third-order valence-electron chi connectivity index (χ3n) is 7.11. The zero-order valence-corrected chi connectivity index (χ0v) is 22.3. The predicted molar refractivity (Wildman–Crippen MR) is 147 cm³/mol. The van der Waals surface area contributed by atoms with Crippen LogP contribution in [-0.2, 0) is 9.84 Å². The van der Waals surface area contributed by atoms with Crippen molar-refractivity contribution in [1.29, 1.82) is 0 Å². The van der Waals surface area contributed by atoms with Gasteiger partial charge < -0.3 is 10.6 Å². The molecule has 3 N–H and O–H groups in total. The van der Waals surface area contributed by atoms with E-state index in [4.69, 9.17) is 4.98 Å². The molecule has 2 aliphatic carbocycles. The van der Waals surface area contributed by atoms with Crippen molar-refractivity contribution in [3.05, 3.63) is 65.6 Å². The zero-order chi connectivity index (χ0) is 25.4. The van der Waals surface area contributed by atoms with Gasteiger partial charge in [0.25, 0.3) is 0 Å². The second-order valence-corrected chi connectivity index (χ2v) is 13.2. The molecule has 0 amide bonds. The van der Waals surface area contributed by atoms with Gasteiger partial charge in [0.05, 0.1) is 20.0 Å². The van der Waals surface area contributed by atoms with E-state index in [0.29, 0.717) is 28.4 Å². The molecule has 2 saturated carbocycles. The summed E-state index contributed by atoms with van der Waals surface area (Å²) in [5.41, 5.74) is 2.38. The van der Waals surface area contributed by atoms with Gasteiger partial charge in [-0.25, -0.2) is 18.4 Å². The van der Waals surface area contributed by atoms with Crippen LogP contribution in [0.25, 0.3) is 10.4 Å². The van der Waals surface area contributed by atoms with Crippen LogP contribution in [-0.4, -0.2) is 39.9 Å². The number of H-pyrrole nitrogens is 1. The highest BCUT2D eigenvalue weighted by Gasteiger charge is 2.38.